The van der Waals surface area contributed by atoms with Crippen LogP contribution < -0.4 is 11.3 Å². The summed E-state index contributed by atoms with van der Waals surface area (Å²) in [4.78, 5) is 2.16. The highest BCUT2D eigenvalue weighted by Crippen LogP contribution is 2.38. The summed E-state index contributed by atoms with van der Waals surface area (Å²) >= 11 is 4.67. The van der Waals surface area contributed by atoms with Crippen molar-refractivity contribution in [1.29, 1.82) is 0 Å². The quantitative estimate of drug-likeness (QED) is 0.497. The molecule has 1 heterocycles. The number of aryl methyl sites for hydroxylation is 2. The van der Waals surface area contributed by atoms with E-state index in [4.69, 9.17) is 5.84 Å². The molecule has 0 fully saturated rings. The predicted molar refractivity (Wildman–Crippen MR) is 79.6 cm³/mol. The van der Waals surface area contributed by atoms with Crippen molar-refractivity contribution in [2.24, 2.45) is 5.84 Å². The summed E-state index contributed by atoms with van der Waals surface area (Å²) < 4.78 is 28.4. The van der Waals surface area contributed by atoms with Crippen LogP contribution >= 0.6 is 27.3 Å². The zero-order valence-corrected chi connectivity index (χ0v) is 13.0. The topological polar surface area (TPSA) is 38.0 Å². The van der Waals surface area contributed by atoms with Crippen molar-refractivity contribution < 1.29 is 8.78 Å². The Bertz CT molecular complexity index is 635. The molecule has 106 valence electrons. The molecule has 0 radical (unpaired) electrons. The number of nitrogens with one attached hydrogen (secondary N) is 1. The van der Waals surface area contributed by atoms with Crippen LogP contribution in [0.5, 0.6) is 0 Å². The Kier molecular flexibility index (Phi) is 3.90. The molecule has 0 saturated heterocycles. The van der Waals surface area contributed by atoms with Crippen LogP contribution in [0.2, 0.25) is 0 Å². The normalized spacial score (nSPS) is 15.4. The standard InChI is InChI=1S/C14H13BrF2N2S/c15-8-4-5-9(16)12(13(8)17)14(19-18)11-6-7-2-1-3-10(7)20-11/h4-6,14,19H,1-3,18H2. The second-order valence-corrected chi connectivity index (χ2v) is 6.83. The molecule has 2 nitrogen and oxygen atoms in total. The van der Waals surface area contributed by atoms with Crippen molar-refractivity contribution in [2.75, 3.05) is 0 Å². The molecule has 0 aliphatic heterocycles. The van der Waals surface area contributed by atoms with Crippen molar-refractivity contribution in [2.45, 2.75) is 25.3 Å². The number of hydrogen-bond acceptors (Lipinski definition) is 3. The molecule has 3 rings (SSSR count). The van der Waals surface area contributed by atoms with E-state index in [1.165, 1.54) is 22.6 Å². The Balaban J connectivity index is 2.07. The lowest BCUT2D eigenvalue weighted by Gasteiger charge is -2.17. The highest BCUT2D eigenvalue weighted by Gasteiger charge is 2.26. The maximum absolute atomic E-state index is 14.2. The van der Waals surface area contributed by atoms with Gasteiger partial charge in [0.2, 0.25) is 0 Å². The molecule has 0 spiro atoms. The Morgan fingerprint density at radius 3 is 2.80 bits per heavy atom. The Labute approximate surface area is 128 Å². The molecule has 1 aliphatic rings. The van der Waals surface area contributed by atoms with Crippen molar-refractivity contribution >= 4 is 27.3 Å². The first-order valence-corrected chi connectivity index (χ1v) is 7.93. The van der Waals surface area contributed by atoms with Gasteiger partial charge >= 0.3 is 0 Å². The average Bonchev–Trinajstić information content (AvgIpc) is 3.00. The van der Waals surface area contributed by atoms with Crippen LogP contribution in [0.3, 0.4) is 0 Å². The van der Waals surface area contributed by atoms with Crippen molar-refractivity contribution in [1.82, 2.24) is 5.43 Å². The Hall–Kier alpha value is -0.820. The van der Waals surface area contributed by atoms with Crippen molar-refractivity contribution in [3.05, 3.63) is 55.2 Å². The van der Waals surface area contributed by atoms with E-state index >= 15 is 0 Å². The SMILES string of the molecule is NNC(c1cc2c(s1)CCC2)c1c(F)ccc(Br)c1F. The smallest absolute Gasteiger partial charge is 0.145 e. The van der Waals surface area contributed by atoms with Gasteiger partial charge in [-0.3, -0.25) is 5.84 Å². The number of hydrazine groups is 1. The lowest BCUT2D eigenvalue weighted by molar-refractivity contribution is 0.510. The van der Waals surface area contributed by atoms with Crippen molar-refractivity contribution in [3.8, 4) is 0 Å². The highest BCUT2D eigenvalue weighted by atomic mass is 79.9. The minimum absolute atomic E-state index is 0.0400. The molecule has 1 aliphatic carbocycles. The lowest BCUT2D eigenvalue weighted by atomic mass is 10.0. The molecule has 2 aromatic rings. The zero-order valence-electron chi connectivity index (χ0n) is 10.6. The minimum Gasteiger partial charge on any atom is -0.271 e. The number of thiophene rings is 1. The molecule has 1 atom stereocenters. The molecule has 3 N–H and O–H groups in total. The molecule has 1 aromatic carbocycles. The van der Waals surface area contributed by atoms with Gasteiger partial charge in [-0.15, -0.1) is 11.3 Å². The van der Waals surface area contributed by atoms with E-state index < -0.39 is 17.7 Å². The molecule has 20 heavy (non-hydrogen) atoms. The molecular weight excluding hydrogens is 346 g/mol. The summed E-state index contributed by atoms with van der Waals surface area (Å²) in [5.74, 6) is 4.35. The van der Waals surface area contributed by atoms with Gasteiger partial charge in [-0.1, -0.05) is 0 Å². The largest absolute Gasteiger partial charge is 0.271 e. The van der Waals surface area contributed by atoms with E-state index in [1.807, 2.05) is 6.07 Å². The van der Waals surface area contributed by atoms with Crippen LogP contribution in [0.25, 0.3) is 0 Å². The fourth-order valence-corrected chi connectivity index (χ4v) is 4.28. The van der Waals surface area contributed by atoms with Gasteiger partial charge in [-0.05, 0) is 59.0 Å². The fraction of sp³-hybridized carbons (Fsp3) is 0.286. The number of benzene rings is 1. The van der Waals surface area contributed by atoms with E-state index in [1.54, 1.807) is 11.3 Å². The number of halogens is 3. The third-order valence-corrected chi connectivity index (χ3v) is 5.50. The van der Waals surface area contributed by atoms with Crippen LogP contribution in [0.4, 0.5) is 8.78 Å². The lowest BCUT2D eigenvalue weighted by Crippen LogP contribution is -2.29. The number of hydrogen-bond donors (Lipinski definition) is 2. The summed E-state index contributed by atoms with van der Waals surface area (Å²) in [7, 11) is 0. The first kappa shape index (κ1) is 14.1. The first-order valence-electron chi connectivity index (χ1n) is 6.33. The monoisotopic (exact) mass is 358 g/mol. The van der Waals surface area contributed by atoms with Gasteiger partial charge in [0.05, 0.1) is 10.5 Å². The van der Waals surface area contributed by atoms with E-state index in [0.717, 1.165) is 24.1 Å². The van der Waals surface area contributed by atoms with Crippen LogP contribution in [0.1, 0.15) is 33.3 Å². The molecular formula is C14H13BrF2N2S. The maximum Gasteiger partial charge on any atom is 0.145 e. The fourth-order valence-electron chi connectivity index (χ4n) is 2.61. The Morgan fingerprint density at radius 2 is 2.10 bits per heavy atom. The maximum atomic E-state index is 14.2. The molecule has 1 aromatic heterocycles. The second-order valence-electron chi connectivity index (χ2n) is 4.81. The van der Waals surface area contributed by atoms with Gasteiger partial charge in [0.1, 0.15) is 11.6 Å². The second kappa shape index (κ2) is 5.52. The molecule has 1 unspecified atom stereocenters. The summed E-state index contributed by atoms with van der Waals surface area (Å²) in [5, 5.41) is 0. The summed E-state index contributed by atoms with van der Waals surface area (Å²) in [6.07, 6.45) is 3.23. The van der Waals surface area contributed by atoms with Crippen LogP contribution in [-0.2, 0) is 12.8 Å². The van der Waals surface area contributed by atoms with E-state index in [0.29, 0.717) is 0 Å². The Morgan fingerprint density at radius 1 is 1.30 bits per heavy atom. The third kappa shape index (κ3) is 2.30. The van der Waals surface area contributed by atoms with Gasteiger partial charge in [-0.25, -0.2) is 14.2 Å². The molecule has 0 bridgehead atoms. The zero-order chi connectivity index (χ0) is 14.3. The average molecular weight is 359 g/mol. The number of fused-ring (bicyclic) bond motifs is 1. The van der Waals surface area contributed by atoms with Crippen LogP contribution in [0, 0.1) is 11.6 Å². The van der Waals surface area contributed by atoms with E-state index in [2.05, 4.69) is 21.4 Å². The van der Waals surface area contributed by atoms with Crippen molar-refractivity contribution in [3.63, 3.8) is 0 Å². The van der Waals surface area contributed by atoms with Crippen LogP contribution in [0.15, 0.2) is 22.7 Å². The number of nitrogens with two attached hydrogens (primary N) is 1. The summed E-state index contributed by atoms with van der Waals surface area (Å²) in [6.45, 7) is 0. The third-order valence-electron chi connectivity index (χ3n) is 3.58. The van der Waals surface area contributed by atoms with Gasteiger partial charge in [-0.2, -0.15) is 0 Å². The molecule has 0 saturated carbocycles. The highest BCUT2D eigenvalue weighted by molar-refractivity contribution is 9.10. The van der Waals surface area contributed by atoms with Gasteiger partial charge in [0.15, 0.2) is 0 Å². The molecule has 6 heteroatoms. The van der Waals surface area contributed by atoms with Crippen LogP contribution in [-0.4, -0.2) is 0 Å². The van der Waals surface area contributed by atoms with Gasteiger partial charge in [0, 0.05) is 15.3 Å². The predicted octanol–water partition coefficient (Wildman–Crippen LogP) is 3.83. The van der Waals surface area contributed by atoms with Gasteiger partial charge < -0.3 is 0 Å². The van der Waals surface area contributed by atoms with E-state index in [9.17, 15) is 8.78 Å². The van der Waals surface area contributed by atoms with Gasteiger partial charge in [0.25, 0.3) is 0 Å². The van der Waals surface area contributed by atoms with E-state index in [-0.39, 0.29) is 10.0 Å². The summed E-state index contributed by atoms with van der Waals surface area (Å²) in [6, 6.07) is 3.95. The molecule has 0 amide bonds. The minimum atomic E-state index is -0.664. The number of rotatable bonds is 3. The first-order chi connectivity index (χ1) is 9.61. The summed E-state index contributed by atoms with van der Waals surface area (Å²) in [5.41, 5.74) is 3.78.